The Labute approximate surface area is 157 Å². The molecule has 9 heteroatoms. The van der Waals surface area contributed by atoms with Crippen molar-refractivity contribution in [3.63, 3.8) is 0 Å². The first-order chi connectivity index (χ1) is 13.0. The zero-order chi connectivity index (χ0) is 19.3. The number of aromatic nitrogens is 3. The molecule has 3 aromatic rings. The van der Waals surface area contributed by atoms with Gasteiger partial charge in [-0.3, -0.25) is 0 Å². The zero-order valence-electron chi connectivity index (χ0n) is 14.9. The van der Waals surface area contributed by atoms with E-state index < -0.39 is 10.0 Å². The summed E-state index contributed by atoms with van der Waals surface area (Å²) in [6.07, 6.45) is 3.05. The Balaban J connectivity index is 1.72. The van der Waals surface area contributed by atoms with E-state index in [4.69, 9.17) is 4.74 Å². The number of hydrazone groups is 1. The van der Waals surface area contributed by atoms with Crippen LogP contribution >= 0.6 is 0 Å². The molecule has 0 saturated carbocycles. The van der Waals surface area contributed by atoms with Gasteiger partial charge < -0.3 is 4.74 Å². The molecule has 1 aromatic heterocycles. The van der Waals surface area contributed by atoms with Gasteiger partial charge in [0.25, 0.3) is 10.0 Å². The molecule has 0 amide bonds. The van der Waals surface area contributed by atoms with Crippen molar-refractivity contribution in [1.82, 2.24) is 19.6 Å². The van der Waals surface area contributed by atoms with Gasteiger partial charge in [0.2, 0.25) is 0 Å². The second-order valence-corrected chi connectivity index (χ2v) is 7.24. The van der Waals surface area contributed by atoms with Gasteiger partial charge in [0.15, 0.2) is 0 Å². The molecule has 27 heavy (non-hydrogen) atoms. The minimum Gasteiger partial charge on any atom is -0.494 e. The lowest BCUT2D eigenvalue weighted by Crippen LogP contribution is -2.20. The highest BCUT2D eigenvalue weighted by molar-refractivity contribution is 7.89. The second-order valence-electron chi connectivity index (χ2n) is 5.58. The molecule has 0 aliphatic carbocycles. The number of benzene rings is 2. The maximum atomic E-state index is 12.4. The second kappa shape index (κ2) is 8.00. The molecule has 0 fully saturated rings. The molecule has 3 rings (SSSR count). The van der Waals surface area contributed by atoms with Crippen molar-refractivity contribution >= 4 is 15.7 Å². The average Bonchev–Trinajstić information content (AvgIpc) is 3.22. The van der Waals surface area contributed by atoms with Crippen LogP contribution in [0.5, 0.6) is 5.75 Å². The fourth-order valence-corrected chi connectivity index (χ4v) is 3.18. The lowest BCUT2D eigenvalue weighted by molar-refractivity contribution is 0.340. The lowest BCUT2D eigenvalue weighted by atomic mass is 10.1. The zero-order valence-corrected chi connectivity index (χ0v) is 15.7. The van der Waals surface area contributed by atoms with Gasteiger partial charge in [0, 0.05) is 0 Å². The summed E-state index contributed by atoms with van der Waals surface area (Å²) in [7, 11) is -3.75. The molecule has 0 bridgehead atoms. The van der Waals surface area contributed by atoms with Crippen LogP contribution in [0.1, 0.15) is 19.4 Å². The highest BCUT2D eigenvalue weighted by Crippen LogP contribution is 2.16. The van der Waals surface area contributed by atoms with E-state index in [2.05, 4.69) is 20.0 Å². The Morgan fingerprint density at radius 3 is 2.44 bits per heavy atom. The summed E-state index contributed by atoms with van der Waals surface area (Å²) >= 11 is 0. The number of hydrogen-bond donors (Lipinski definition) is 1. The lowest BCUT2D eigenvalue weighted by Gasteiger charge is -2.07. The van der Waals surface area contributed by atoms with Crippen LogP contribution in [0.4, 0.5) is 0 Å². The molecule has 1 heterocycles. The largest absolute Gasteiger partial charge is 0.494 e. The van der Waals surface area contributed by atoms with Crippen LogP contribution in [0.3, 0.4) is 0 Å². The molecule has 0 atom stereocenters. The standard InChI is InChI=1S/C18H19N5O3S/c1-3-26-17-8-10-18(11-9-17)27(24,25)22-21-14(2)15-4-6-16(7-5-15)23-13-19-12-20-23/h4-13,22H,3H2,1-2H3/b21-14+. The number of hydrogen-bond acceptors (Lipinski definition) is 6. The molecule has 2 aromatic carbocycles. The van der Waals surface area contributed by atoms with E-state index in [1.165, 1.54) is 18.5 Å². The minimum atomic E-state index is -3.75. The fraction of sp³-hybridized carbons (Fsp3) is 0.167. The van der Waals surface area contributed by atoms with Gasteiger partial charge >= 0.3 is 0 Å². The van der Waals surface area contributed by atoms with Crippen molar-refractivity contribution in [2.75, 3.05) is 6.61 Å². The fourth-order valence-electron chi connectivity index (χ4n) is 2.32. The van der Waals surface area contributed by atoms with Crippen LogP contribution in [0.15, 0.2) is 71.2 Å². The van der Waals surface area contributed by atoms with Crippen LogP contribution in [0.2, 0.25) is 0 Å². The predicted octanol–water partition coefficient (Wildman–Crippen LogP) is 2.37. The highest BCUT2D eigenvalue weighted by atomic mass is 32.2. The summed E-state index contributed by atoms with van der Waals surface area (Å²) in [5.74, 6) is 0.614. The quantitative estimate of drug-likeness (QED) is 0.497. The van der Waals surface area contributed by atoms with Crippen LogP contribution in [0.25, 0.3) is 5.69 Å². The summed E-state index contributed by atoms with van der Waals surface area (Å²) in [6, 6.07) is 13.5. The van der Waals surface area contributed by atoms with Crippen LogP contribution < -0.4 is 9.57 Å². The minimum absolute atomic E-state index is 0.115. The molecular weight excluding hydrogens is 366 g/mol. The first-order valence-corrected chi connectivity index (χ1v) is 9.72. The summed E-state index contributed by atoms with van der Waals surface area (Å²) in [4.78, 5) is 6.27. The van der Waals surface area contributed by atoms with Gasteiger partial charge in [-0.1, -0.05) is 12.1 Å². The Morgan fingerprint density at radius 2 is 1.85 bits per heavy atom. The Morgan fingerprint density at radius 1 is 1.15 bits per heavy atom. The third-order valence-electron chi connectivity index (χ3n) is 3.75. The molecule has 0 spiro atoms. The first kappa shape index (κ1) is 18.6. The van der Waals surface area contributed by atoms with E-state index in [0.29, 0.717) is 18.1 Å². The SMILES string of the molecule is CCOc1ccc(S(=O)(=O)N/N=C(\C)c2ccc(-n3cncn3)cc2)cc1. The molecule has 0 unspecified atom stereocenters. The van der Waals surface area contributed by atoms with E-state index in [0.717, 1.165) is 11.3 Å². The summed E-state index contributed by atoms with van der Waals surface area (Å²) in [5, 5.41) is 8.06. The highest BCUT2D eigenvalue weighted by Gasteiger charge is 2.13. The van der Waals surface area contributed by atoms with Crippen LogP contribution in [0, 0.1) is 0 Å². The number of sulfonamides is 1. The third kappa shape index (κ3) is 4.50. The van der Waals surface area contributed by atoms with Crippen molar-refractivity contribution in [3.05, 3.63) is 66.7 Å². The van der Waals surface area contributed by atoms with Crippen molar-refractivity contribution in [3.8, 4) is 11.4 Å². The smallest absolute Gasteiger partial charge is 0.276 e. The number of ether oxygens (including phenoxy) is 1. The normalized spacial score (nSPS) is 12.0. The molecule has 0 aliphatic heterocycles. The van der Waals surface area contributed by atoms with E-state index in [-0.39, 0.29) is 4.90 Å². The van der Waals surface area contributed by atoms with Crippen molar-refractivity contribution in [2.24, 2.45) is 5.10 Å². The van der Waals surface area contributed by atoms with Crippen LogP contribution in [-0.2, 0) is 10.0 Å². The van der Waals surface area contributed by atoms with Gasteiger partial charge in [-0.2, -0.15) is 23.4 Å². The number of nitrogens with one attached hydrogen (secondary N) is 1. The third-order valence-corrected chi connectivity index (χ3v) is 4.97. The average molecular weight is 385 g/mol. The molecule has 1 N–H and O–H groups in total. The first-order valence-electron chi connectivity index (χ1n) is 8.24. The summed E-state index contributed by atoms with van der Waals surface area (Å²) < 4.78 is 31.7. The van der Waals surface area contributed by atoms with E-state index >= 15 is 0 Å². The van der Waals surface area contributed by atoms with Gasteiger partial charge in [-0.05, 0) is 55.8 Å². The molecule has 140 valence electrons. The Bertz CT molecular complexity index is 1010. The number of nitrogens with zero attached hydrogens (tertiary/aromatic N) is 4. The van der Waals surface area contributed by atoms with Crippen molar-refractivity contribution in [2.45, 2.75) is 18.7 Å². The molecular formula is C18H19N5O3S. The van der Waals surface area contributed by atoms with Crippen molar-refractivity contribution < 1.29 is 13.2 Å². The predicted molar refractivity (Wildman–Crippen MR) is 102 cm³/mol. The van der Waals surface area contributed by atoms with Crippen molar-refractivity contribution in [1.29, 1.82) is 0 Å². The van der Waals surface area contributed by atoms with E-state index in [9.17, 15) is 8.42 Å². The topological polar surface area (TPSA) is 98.5 Å². The summed E-state index contributed by atoms with van der Waals surface area (Å²) in [5.41, 5.74) is 2.17. The molecule has 0 aliphatic rings. The van der Waals surface area contributed by atoms with Gasteiger partial charge in [-0.15, -0.1) is 0 Å². The Hall–Kier alpha value is -3.20. The molecule has 8 nitrogen and oxygen atoms in total. The van der Waals surface area contributed by atoms with Crippen LogP contribution in [-0.4, -0.2) is 35.5 Å². The van der Waals surface area contributed by atoms with Gasteiger partial charge in [-0.25, -0.2) is 9.67 Å². The maximum absolute atomic E-state index is 12.4. The van der Waals surface area contributed by atoms with E-state index in [1.54, 1.807) is 30.1 Å². The van der Waals surface area contributed by atoms with Gasteiger partial charge in [0.1, 0.15) is 18.4 Å². The number of rotatable bonds is 7. The van der Waals surface area contributed by atoms with Gasteiger partial charge in [0.05, 0.1) is 22.9 Å². The van der Waals surface area contributed by atoms with E-state index in [1.807, 2.05) is 31.2 Å². The molecule has 0 radical (unpaired) electrons. The monoisotopic (exact) mass is 385 g/mol. The molecule has 0 saturated heterocycles. The summed E-state index contributed by atoms with van der Waals surface area (Å²) in [6.45, 7) is 4.11. The Kier molecular flexibility index (Phi) is 5.51. The maximum Gasteiger partial charge on any atom is 0.276 e.